The van der Waals surface area contributed by atoms with E-state index in [4.69, 9.17) is 26.1 Å². The van der Waals surface area contributed by atoms with Gasteiger partial charge in [-0.25, -0.2) is 4.98 Å². The number of fused-ring (bicyclic) bond motifs is 1. The number of nitrogens with one attached hydrogen (secondary N) is 1. The van der Waals surface area contributed by atoms with E-state index in [-0.39, 0.29) is 5.91 Å². The minimum absolute atomic E-state index is 0.0663. The summed E-state index contributed by atoms with van der Waals surface area (Å²) >= 11 is 7.88. The lowest BCUT2D eigenvalue weighted by Crippen LogP contribution is -2.48. The summed E-state index contributed by atoms with van der Waals surface area (Å²) in [5.41, 5.74) is 1.45. The fraction of sp³-hybridized carbons (Fsp3) is 0.364. The van der Waals surface area contributed by atoms with Gasteiger partial charge >= 0.3 is 0 Å². The molecule has 3 aromatic rings. The lowest BCUT2D eigenvalue weighted by atomic mass is 10.2. The minimum atomic E-state index is -0.0663. The maximum absolute atomic E-state index is 12.3. The number of halogens is 1. The highest BCUT2D eigenvalue weighted by atomic mass is 35.5. The Kier molecular flexibility index (Phi) is 6.80. The zero-order valence-electron chi connectivity index (χ0n) is 17.6. The van der Waals surface area contributed by atoms with Gasteiger partial charge < -0.3 is 19.7 Å². The van der Waals surface area contributed by atoms with Gasteiger partial charge in [0, 0.05) is 44.8 Å². The average molecular weight is 461 g/mol. The van der Waals surface area contributed by atoms with Crippen LogP contribution in [-0.2, 0) is 0 Å². The van der Waals surface area contributed by atoms with Crippen LogP contribution < -0.4 is 19.7 Å². The second-order valence-electron chi connectivity index (χ2n) is 7.24. The second kappa shape index (κ2) is 9.72. The van der Waals surface area contributed by atoms with Crippen LogP contribution in [0.4, 0.5) is 5.13 Å². The minimum Gasteiger partial charge on any atom is -0.497 e. The van der Waals surface area contributed by atoms with Crippen LogP contribution in [0.25, 0.3) is 10.2 Å². The van der Waals surface area contributed by atoms with Crippen LogP contribution in [0.15, 0.2) is 36.4 Å². The highest BCUT2D eigenvalue weighted by Crippen LogP contribution is 2.38. The summed E-state index contributed by atoms with van der Waals surface area (Å²) in [6.45, 7) is 5.06. The van der Waals surface area contributed by atoms with Crippen molar-refractivity contribution in [1.29, 1.82) is 0 Å². The van der Waals surface area contributed by atoms with Crippen LogP contribution in [0.5, 0.6) is 11.5 Å². The molecule has 1 aliphatic rings. The molecule has 9 heteroatoms. The number of anilines is 1. The Morgan fingerprint density at radius 1 is 1.10 bits per heavy atom. The fourth-order valence-corrected chi connectivity index (χ4v) is 4.84. The Hall–Kier alpha value is -2.55. The predicted octanol–water partition coefficient (Wildman–Crippen LogP) is 3.52. The quantitative estimate of drug-likeness (QED) is 0.582. The molecule has 4 rings (SSSR count). The highest BCUT2D eigenvalue weighted by molar-refractivity contribution is 7.22. The van der Waals surface area contributed by atoms with Crippen molar-refractivity contribution in [3.8, 4) is 11.5 Å². The number of carbonyl (C=O) groups excluding carboxylic acids is 1. The molecule has 7 nitrogen and oxygen atoms in total. The van der Waals surface area contributed by atoms with E-state index in [1.165, 1.54) is 0 Å². The third kappa shape index (κ3) is 4.87. The number of aromatic nitrogens is 1. The van der Waals surface area contributed by atoms with Crippen molar-refractivity contribution < 1.29 is 14.3 Å². The molecule has 0 unspecified atom stereocenters. The number of piperazine rings is 1. The van der Waals surface area contributed by atoms with Crippen molar-refractivity contribution in [2.24, 2.45) is 0 Å². The summed E-state index contributed by atoms with van der Waals surface area (Å²) in [7, 11) is 3.23. The number of rotatable bonds is 7. The number of hydrogen-bond acceptors (Lipinski definition) is 7. The van der Waals surface area contributed by atoms with Gasteiger partial charge in [0.15, 0.2) is 10.9 Å². The first-order chi connectivity index (χ1) is 15.1. The lowest BCUT2D eigenvalue weighted by Gasteiger charge is -2.34. The standard InChI is InChI=1S/C22H25ClN4O3S/c1-29-16-5-3-15(4-6-16)21(28)24-9-10-26-11-13-27(14-12-26)22-25-19-18(31-22)8-7-17(23)20(19)30-2/h3-8H,9-14H2,1-2H3,(H,24,28). The van der Waals surface area contributed by atoms with Gasteiger partial charge in [-0.15, -0.1) is 0 Å². The molecule has 0 saturated carbocycles. The average Bonchev–Trinajstić information content (AvgIpc) is 3.24. The zero-order valence-corrected chi connectivity index (χ0v) is 19.1. The topological polar surface area (TPSA) is 66.9 Å². The SMILES string of the molecule is COc1ccc(C(=O)NCCN2CCN(c3nc4c(OC)c(Cl)ccc4s3)CC2)cc1. The third-order valence-corrected chi connectivity index (χ3v) is 6.75. The smallest absolute Gasteiger partial charge is 0.251 e. The fourth-order valence-electron chi connectivity index (χ4n) is 3.60. The van der Waals surface area contributed by atoms with Gasteiger partial charge in [0.1, 0.15) is 11.3 Å². The van der Waals surface area contributed by atoms with E-state index in [2.05, 4.69) is 15.1 Å². The van der Waals surface area contributed by atoms with Crippen molar-refractivity contribution in [3.63, 3.8) is 0 Å². The van der Waals surface area contributed by atoms with Gasteiger partial charge in [0.25, 0.3) is 5.91 Å². The molecule has 1 saturated heterocycles. The molecule has 1 aromatic heterocycles. The Bertz CT molecular complexity index is 1050. The first-order valence-corrected chi connectivity index (χ1v) is 11.3. The number of carbonyl (C=O) groups is 1. The van der Waals surface area contributed by atoms with Crippen LogP contribution in [0.3, 0.4) is 0 Å². The van der Waals surface area contributed by atoms with Crippen molar-refractivity contribution in [3.05, 3.63) is 47.0 Å². The number of nitrogens with zero attached hydrogens (tertiary/aromatic N) is 3. The number of hydrogen-bond donors (Lipinski definition) is 1. The normalized spacial score (nSPS) is 14.6. The summed E-state index contributed by atoms with van der Waals surface area (Å²) in [4.78, 5) is 21.7. The molecule has 1 amide bonds. The lowest BCUT2D eigenvalue weighted by molar-refractivity contribution is 0.0947. The molecule has 2 heterocycles. The molecule has 31 heavy (non-hydrogen) atoms. The van der Waals surface area contributed by atoms with Crippen molar-refractivity contribution >= 4 is 44.2 Å². The van der Waals surface area contributed by atoms with Crippen LogP contribution in [0, 0.1) is 0 Å². The monoisotopic (exact) mass is 460 g/mol. The number of benzene rings is 2. The molecule has 164 valence electrons. The van der Waals surface area contributed by atoms with E-state index in [1.54, 1.807) is 49.8 Å². The van der Waals surface area contributed by atoms with Crippen LogP contribution in [0.1, 0.15) is 10.4 Å². The van der Waals surface area contributed by atoms with Gasteiger partial charge in [0.05, 0.1) is 23.9 Å². The Labute approximate surface area is 190 Å². The van der Waals surface area contributed by atoms with Crippen molar-refractivity contribution in [2.45, 2.75) is 0 Å². The van der Waals surface area contributed by atoms with Gasteiger partial charge in [-0.05, 0) is 36.4 Å². The van der Waals surface area contributed by atoms with E-state index in [0.717, 1.165) is 53.8 Å². The Morgan fingerprint density at radius 2 is 1.84 bits per heavy atom. The van der Waals surface area contributed by atoms with Gasteiger partial charge in [-0.2, -0.15) is 0 Å². The van der Waals surface area contributed by atoms with Gasteiger partial charge in [-0.1, -0.05) is 22.9 Å². The number of methoxy groups -OCH3 is 2. The molecule has 0 atom stereocenters. The van der Waals surface area contributed by atoms with Crippen LogP contribution in [-0.4, -0.2) is 69.3 Å². The van der Waals surface area contributed by atoms with Gasteiger partial charge in [-0.3, -0.25) is 9.69 Å². The molecule has 0 bridgehead atoms. The Balaban J connectivity index is 1.27. The van der Waals surface area contributed by atoms with E-state index in [1.807, 2.05) is 12.1 Å². The maximum Gasteiger partial charge on any atom is 0.251 e. The van der Waals surface area contributed by atoms with E-state index in [0.29, 0.717) is 22.9 Å². The maximum atomic E-state index is 12.3. The molecule has 0 spiro atoms. The molecule has 0 aliphatic carbocycles. The summed E-state index contributed by atoms with van der Waals surface area (Å²) in [6.07, 6.45) is 0. The van der Waals surface area contributed by atoms with Gasteiger partial charge in [0.2, 0.25) is 0 Å². The molecule has 1 N–H and O–H groups in total. The van der Waals surface area contributed by atoms with Crippen molar-refractivity contribution in [2.75, 3.05) is 58.4 Å². The molecule has 0 radical (unpaired) electrons. The highest BCUT2D eigenvalue weighted by Gasteiger charge is 2.21. The summed E-state index contributed by atoms with van der Waals surface area (Å²) in [5, 5.41) is 4.56. The summed E-state index contributed by atoms with van der Waals surface area (Å²) in [5.74, 6) is 1.31. The first kappa shape index (κ1) is 21.7. The third-order valence-electron chi connectivity index (χ3n) is 5.37. The number of ether oxygens (including phenoxy) is 2. The molecule has 2 aromatic carbocycles. The zero-order chi connectivity index (χ0) is 21.8. The Morgan fingerprint density at radius 3 is 2.52 bits per heavy atom. The van der Waals surface area contributed by atoms with E-state index < -0.39 is 0 Å². The van der Waals surface area contributed by atoms with Crippen LogP contribution in [0.2, 0.25) is 5.02 Å². The largest absolute Gasteiger partial charge is 0.497 e. The van der Waals surface area contributed by atoms with E-state index in [9.17, 15) is 4.79 Å². The molecular weight excluding hydrogens is 436 g/mol. The predicted molar refractivity (Wildman–Crippen MR) is 125 cm³/mol. The second-order valence-corrected chi connectivity index (χ2v) is 8.65. The van der Waals surface area contributed by atoms with Crippen molar-refractivity contribution in [1.82, 2.24) is 15.2 Å². The molecular formula is C22H25ClN4O3S. The molecule has 1 fully saturated rings. The number of amides is 1. The summed E-state index contributed by atoms with van der Waals surface area (Å²) < 4.78 is 11.6. The number of thiazole rings is 1. The van der Waals surface area contributed by atoms with Crippen LogP contribution >= 0.6 is 22.9 Å². The summed E-state index contributed by atoms with van der Waals surface area (Å²) in [6, 6.07) is 11.0. The molecule has 1 aliphatic heterocycles. The first-order valence-electron chi connectivity index (χ1n) is 10.1. The van der Waals surface area contributed by atoms with E-state index >= 15 is 0 Å².